The molecule has 47 heavy (non-hydrogen) atoms. The van der Waals surface area contributed by atoms with Crippen LogP contribution in [0.2, 0.25) is 0 Å². The zero-order valence-electron chi connectivity index (χ0n) is 29.7. The maximum absolute atomic E-state index is 6.04. The van der Waals surface area contributed by atoms with Crippen LogP contribution in [-0.2, 0) is 6.42 Å². The topological polar surface area (TPSA) is 52.0 Å². The van der Waals surface area contributed by atoms with E-state index in [0.717, 1.165) is 17.8 Å². The Hall–Kier alpha value is -3.52. The quantitative estimate of drug-likeness (QED) is 0.0711. The molecule has 4 rings (SSSR count). The largest absolute Gasteiger partial charge is 0.399 e. The van der Waals surface area contributed by atoms with Crippen LogP contribution in [0.1, 0.15) is 162 Å². The Morgan fingerprint density at radius 1 is 0.404 bits per heavy atom. The Morgan fingerprint density at radius 2 is 0.723 bits per heavy atom. The van der Waals surface area contributed by atoms with Gasteiger partial charge in [-0.2, -0.15) is 0 Å². The monoisotopic (exact) mass is 630 g/mol. The maximum atomic E-state index is 6.04. The highest BCUT2D eigenvalue weighted by Gasteiger charge is 2.17. The summed E-state index contributed by atoms with van der Waals surface area (Å²) in [5.74, 6) is 1.30. The maximum Gasteiger partial charge on any atom is 0.0314 e. The van der Waals surface area contributed by atoms with Gasteiger partial charge < -0.3 is 11.5 Å². The van der Waals surface area contributed by atoms with E-state index in [1.54, 1.807) is 0 Å². The van der Waals surface area contributed by atoms with Gasteiger partial charge in [-0.25, -0.2) is 0 Å². The first-order valence-electron chi connectivity index (χ1n) is 18.9. The van der Waals surface area contributed by atoms with Crippen molar-refractivity contribution in [2.75, 3.05) is 11.5 Å². The summed E-state index contributed by atoms with van der Waals surface area (Å²) < 4.78 is 0. The molecule has 0 amide bonds. The van der Waals surface area contributed by atoms with E-state index >= 15 is 0 Å². The number of rotatable bonds is 21. The molecule has 0 aliphatic rings. The summed E-state index contributed by atoms with van der Waals surface area (Å²) in [6, 6.07) is 36.1. The summed E-state index contributed by atoms with van der Waals surface area (Å²) in [7, 11) is 0. The van der Waals surface area contributed by atoms with Crippen LogP contribution in [0, 0.1) is 0 Å². The minimum absolute atomic E-state index is 0.420. The molecule has 4 aromatic rings. The number of nitrogens with two attached hydrogens (primary N) is 2. The fraction of sp³-hybridized carbons (Fsp3) is 0.467. The summed E-state index contributed by atoms with van der Waals surface area (Å²) in [5.41, 5.74) is 22.2. The molecule has 252 valence electrons. The fourth-order valence-electron chi connectivity index (χ4n) is 7.18. The Morgan fingerprint density at radius 3 is 1.13 bits per heavy atom. The average molecular weight is 631 g/mol. The highest BCUT2D eigenvalue weighted by Crippen LogP contribution is 2.34. The molecule has 4 N–H and O–H groups in total. The molecule has 0 aromatic heterocycles. The number of anilines is 2. The lowest BCUT2D eigenvalue weighted by Crippen LogP contribution is -2.04. The highest BCUT2D eigenvalue weighted by molar-refractivity contribution is 5.44. The highest BCUT2D eigenvalue weighted by atomic mass is 14.5. The zero-order valence-corrected chi connectivity index (χ0v) is 29.7. The predicted molar refractivity (Wildman–Crippen MR) is 206 cm³/mol. The molecule has 3 atom stereocenters. The SMILES string of the molecule is CCCCCCCCC(c1ccc(N)cc1)c1ccc(CC(C)c2ccc(C(CCCCCCCC)c3ccc(N)cc3)cc2)cc1. The number of benzene rings is 4. The predicted octanol–water partition coefficient (Wildman–Crippen LogP) is 13.0. The van der Waals surface area contributed by atoms with Gasteiger partial charge in [-0.05, 0) is 82.8 Å². The van der Waals surface area contributed by atoms with Crippen LogP contribution in [0.25, 0.3) is 0 Å². The van der Waals surface area contributed by atoms with Crippen LogP contribution in [0.15, 0.2) is 97.1 Å². The van der Waals surface area contributed by atoms with E-state index in [2.05, 4.69) is 118 Å². The van der Waals surface area contributed by atoms with Crippen molar-refractivity contribution in [3.8, 4) is 0 Å². The normalized spacial score (nSPS) is 13.3. The second-order valence-electron chi connectivity index (χ2n) is 14.1. The van der Waals surface area contributed by atoms with Crippen molar-refractivity contribution < 1.29 is 0 Å². The van der Waals surface area contributed by atoms with Crippen molar-refractivity contribution in [2.24, 2.45) is 0 Å². The summed E-state index contributed by atoms with van der Waals surface area (Å²) in [5, 5.41) is 0. The molecular weight excluding hydrogens is 569 g/mol. The summed E-state index contributed by atoms with van der Waals surface area (Å²) in [6.45, 7) is 6.94. The average Bonchev–Trinajstić information content (AvgIpc) is 3.09. The van der Waals surface area contributed by atoms with Gasteiger partial charge in [0.2, 0.25) is 0 Å². The Labute approximate surface area is 287 Å². The minimum Gasteiger partial charge on any atom is -0.399 e. The van der Waals surface area contributed by atoms with Crippen molar-refractivity contribution >= 4 is 11.4 Å². The molecule has 0 aliphatic carbocycles. The summed E-state index contributed by atoms with van der Waals surface area (Å²) >= 11 is 0. The first kappa shape index (κ1) is 36.3. The van der Waals surface area contributed by atoms with Crippen molar-refractivity contribution in [2.45, 2.75) is 135 Å². The van der Waals surface area contributed by atoms with Crippen LogP contribution >= 0.6 is 0 Å². The molecule has 0 saturated carbocycles. The van der Waals surface area contributed by atoms with Gasteiger partial charge in [0, 0.05) is 23.2 Å². The van der Waals surface area contributed by atoms with E-state index in [1.165, 1.54) is 123 Å². The van der Waals surface area contributed by atoms with Gasteiger partial charge in [-0.3, -0.25) is 0 Å². The molecule has 4 aromatic carbocycles. The molecular formula is C45H62N2. The minimum atomic E-state index is 0.420. The molecule has 3 unspecified atom stereocenters. The van der Waals surface area contributed by atoms with E-state index in [9.17, 15) is 0 Å². The number of unbranched alkanes of at least 4 members (excludes halogenated alkanes) is 10. The van der Waals surface area contributed by atoms with Gasteiger partial charge in [0.25, 0.3) is 0 Å². The molecule has 0 heterocycles. The second kappa shape index (κ2) is 20.0. The molecule has 0 radical (unpaired) electrons. The Balaban J connectivity index is 1.39. The van der Waals surface area contributed by atoms with E-state index < -0.39 is 0 Å². The molecule has 0 fully saturated rings. The zero-order chi connectivity index (χ0) is 33.3. The number of nitrogen functional groups attached to an aromatic ring is 2. The lowest BCUT2D eigenvalue weighted by molar-refractivity contribution is 0.568. The first-order valence-corrected chi connectivity index (χ1v) is 18.9. The lowest BCUT2D eigenvalue weighted by Gasteiger charge is -2.21. The van der Waals surface area contributed by atoms with E-state index in [0.29, 0.717) is 17.8 Å². The summed E-state index contributed by atoms with van der Waals surface area (Å²) in [6.07, 6.45) is 19.3. The van der Waals surface area contributed by atoms with Gasteiger partial charge >= 0.3 is 0 Å². The van der Waals surface area contributed by atoms with Crippen molar-refractivity contribution in [3.63, 3.8) is 0 Å². The van der Waals surface area contributed by atoms with Gasteiger partial charge in [0.1, 0.15) is 0 Å². The van der Waals surface area contributed by atoms with Crippen molar-refractivity contribution in [3.05, 3.63) is 130 Å². The molecule has 0 bridgehead atoms. The standard InChI is InChI=1S/C45H62N2/c1-4-6-8-10-12-14-16-44(40-26-30-42(46)31-27-40)38-20-18-36(19-21-38)34-35(3)37-22-24-39(25-23-37)45(17-15-13-11-9-7-5-2)41-28-32-43(47)33-29-41/h18-33,35,44-45H,4-17,34,46-47H2,1-3H3. The van der Waals surface area contributed by atoms with E-state index in [-0.39, 0.29) is 0 Å². The van der Waals surface area contributed by atoms with Gasteiger partial charge in [0.05, 0.1) is 0 Å². The van der Waals surface area contributed by atoms with Gasteiger partial charge in [-0.1, -0.05) is 171 Å². The van der Waals surface area contributed by atoms with E-state index in [4.69, 9.17) is 11.5 Å². The number of hydrogen-bond donors (Lipinski definition) is 2. The van der Waals surface area contributed by atoms with Crippen molar-refractivity contribution in [1.82, 2.24) is 0 Å². The van der Waals surface area contributed by atoms with Crippen molar-refractivity contribution in [1.29, 1.82) is 0 Å². The second-order valence-corrected chi connectivity index (χ2v) is 14.1. The lowest BCUT2D eigenvalue weighted by atomic mass is 9.84. The number of hydrogen-bond acceptors (Lipinski definition) is 2. The molecule has 2 nitrogen and oxygen atoms in total. The molecule has 0 spiro atoms. The Kier molecular flexibility index (Phi) is 15.4. The third-order valence-electron chi connectivity index (χ3n) is 10.2. The molecule has 0 saturated heterocycles. The van der Waals surface area contributed by atoms with Crippen LogP contribution in [0.4, 0.5) is 11.4 Å². The molecule has 0 aliphatic heterocycles. The molecule has 2 heteroatoms. The smallest absolute Gasteiger partial charge is 0.0314 e. The van der Waals surface area contributed by atoms with E-state index in [1.807, 2.05) is 0 Å². The fourth-order valence-corrected chi connectivity index (χ4v) is 7.18. The van der Waals surface area contributed by atoms with Crippen LogP contribution in [0.5, 0.6) is 0 Å². The van der Waals surface area contributed by atoms with Crippen LogP contribution in [-0.4, -0.2) is 0 Å². The summed E-state index contributed by atoms with van der Waals surface area (Å²) in [4.78, 5) is 0. The van der Waals surface area contributed by atoms with Crippen LogP contribution in [0.3, 0.4) is 0 Å². The van der Waals surface area contributed by atoms with Crippen LogP contribution < -0.4 is 11.5 Å². The van der Waals surface area contributed by atoms with Gasteiger partial charge in [-0.15, -0.1) is 0 Å². The third kappa shape index (κ3) is 11.9. The van der Waals surface area contributed by atoms with Gasteiger partial charge in [0.15, 0.2) is 0 Å². The Bertz CT molecular complexity index is 1390. The third-order valence-corrected chi connectivity index (χ3v) is 10.2. The first-order chi connectivity index (χ1) is 23.0.